The van der Waals surface area contributed by atoms with Crippen LogP contribution < -0.4 is 9.64 Å². The molecule has 0 radical (unpaired) electrons. The van der Waals surface area contributed by atoms with Crippen molar-refractivity contribution in [3.63, 3.8) is 0 Å². The van der Waals surface area contributed by atoms with Crippen LogP contribution in [0.5, 0.6) is 5.75 Å². The van der Waals surface area contributed by atoms with Gasteiger partial charge in [0.2, 0.25) is 0 Å². The first-order valence-corrected chi connectivity index (χ1v) is 14.8. The van der Waals surface area contributed by atoms with E-state index < -0.39 is 11.4 Å². The number of unbranched alkanes of at least 4 members (excludes halogenated alkanes) is 1. The molecule has 41 heavy (non-hydrogen) atoms. The quantitative estimate of drug-likeness (QED) is 0.234. The summed E-state index contributed by atoms with van der Waals surface area (Å²) in [6.07, 6.45) is 5.67. The standard InChI is InChI=1S/C32H44FN3O5/c1-6-40-29(37)19-27(24-14-16-28(39-5)26(33)18-24)35-20-22(21-35)10-7-8-12-25-15-13-23-11-9-17-36(30(23)34-25)31(38)41-32(2,3)4/h13-16,18,22,27H,6-12,17,19-21H2,1-5H3. The number of carbonyl (C=O) groups excluding carboxylic acids is 2. The van der Waals surface area contributed by atoms with Crippen LogP contribution in [0.25, 0.3) is 0 Å². The predicted molar refractivity (Wildman–Crippen MR) is 156 cm³/mol. The fraction of sp³-hybridized carbons (Fsp3) is 0.594. The number of aryl methyl sites for hydroxylation is 2. The molecule has 0 N–H and O–H groups in total. The van der Waals surface area contributed by atoms with Crippen molar-refractivity contribution in [1.29, 1.82) is 0 Å². The summed E-state index contributed by atoms with van der Waals surface area (Å²) in [7, 11) is 1.44. The number of pyridine rings is 1. The average Bonchev–Trinajstić information content (AvgIpc) is 2.89. The Labute approximate surface area is 243 Å². The maximum Gasteiger partial charge on any atom is 0.416 e. The molecule has 0 saturated carbocycles. The molecule has 1 aromatic carbocycles. The Balaban J connectivity index is 1.28. The number of halogens is 1. The summed E-state index contributed by atoms with van der Waals surface area (Å²) in [6, 6.07) is 8.86. The topological polar surface area (TPSA) is 81.2 Å². The fourth-order valence-corrected chi connectivity index (χ4v) is 5.62. The van der Waals surface area contributed by atoms with Crippen LogP contribution in [0, 0.1) is 11.7 Å². The molecule has 1 aromatic heterocycles. The lowest BCUT2D eigenvalue weighted by atomic mass is 9.89. The molecular formula is C32H44FN3O5. The highest BCUT2D eigenvalue weighted by atomic mass is 19.1. The summed E-state index contributed by atoms with van der Waals surface area (Å²) in [5, 5.41) is 0. The number of nitrogens with zero attached hydrogens (tertiary/aromatic N) is 3. The monoisotopic (exact) mass is 569 g/mol. The van der Waals surface area contributed by atoms with Gasteiger partial charge < -0.3 is 14.2 Å². The molecule has 0 spiro atoms. The smallest absolute Gasteiger partial charge is 0.416 e. The van der Waals surface area contributed by atoms with Crippen molar-refractivity contribution in [3.8, 4) is 5.75 Å². The number of esters is 1. The molecule has 1 fully saturated rings. The molecule has 1 amide bonds. The second kappa shape index (κ2) is 13.6. The van der Waals surface area contributed by atoms with Gasteiger partial charge >= 0.3 is 12.1 Å². The molecule has 0 bridgehead atoms. The third-order valence-electron chi connectivity index (χ3n) is 7.66. The molecule has 1 unspecified atom stereocenters. The molecule has 1 saturated heterocycles. The van der Waals surface area contributed by atoms with Crippen LogP contribution in [0.4, 0.5) is 15.0 Å². The molecule has 3 heterocycles. The molecule has 224 valence electrons. The van der Waals surface area contributed by atoms with Crippen molar-refractivity contribution in [1.82, 2.24) is 9.88 Å². The number of aromatic nitrogens is 1. The van der Waals surface area contributed by atoms with Crippen LogP contribution in [0.3, 0.4) is 0 Å². The summed E-state index contributed by atoms with van der Waals surface area (Å²) in [6.45, 7) is 10.1. The maximum atomic E-state index is 14.4. The largest absolute Gasteiger partial charge is 0.494 e. The second-order valence-corrected chi connectivity index (χ2v) is 12.0. The predicted octanol–water partition coefficient (Wildman–Crippen LogP) is 6.26. The Morgan fingerprint density at radius 3 is 2.61 bits per heavy atom. The average molecular weight is 570 g/mol. The minimum Gasteiger partial charge on any atom is -0.494 e. The lowest BCUT2D eigenvalue weighted by Crippen LogP contribution is -2.49. The Morgan fingerprint density at radius 1 is 1.15 bits per heavy atom. The van der Waals surface area contributed by atoms with Gasteiger partial charge in [-0.05, 0) is 95.0 Å². The number of fused-ring (bicyclic) bond motifs is 1. The number of benzene rings is 1. The number of anilines is 1. The Hall–Kier alpha value is -3.20. The van der Waals surface area contributed by atoms with Gasteiger partial charge in [-0.1, -0.05) is 18.6 Å². The number of hydrogen-bond acceptors (Lipinski definition) is 7. The number of methoxy groups -OCH3 is 1. The van der Waals surface area contributed by atoms with E-state index in [0.717, 1.165) is 74.3 Å². The lowest BCUT2D eigenvalue weighted by Gasteiger charge is -2.44. The van der Waals surface area contributed by atoms with Crippen LogP contribution >= 0.6 is 0 Å². The number of hydrogen-bond donors (Lipinski definition) is 0. The minimum atomic E-state index is -0.549. The van der Waals surface area contributed by atoms with E-state index in [2.05, 4.69) is 17.0 Å². The van der Waals surface area contributed by atoms with E-state index >= 15 is 0 Å². The molecule has 9 heteroatoms. The van der Waals surface area contributed by atoms with Crippen LogP contribution in [-0.2, 0) is 27.1 Å². The number of rotatable bonds is 11. The van der Waals surface area contributed by atoms with Crippen LogP contribution in [0.15, 0.2) is 30.3 Å². The second-order valence-electron chi connectivity index (χ2n) is 12.0. The van der Waals surface area contributed by atoms with E-state index in [1.54, 1.807) is 17.9 Å². The molecule has 2 aliphatic heterocycles. The van der Waals surface area contributed by atoms with E-state index in [-0.39, 0.29) is 30.3 Å². The summed E-state index contributed by atoms with van der Waals surface area (Å²) < 4.78 is 30.3. The van der Waals surface area contributed by atoms with Crippen molar-refractivity contribution in [2.45, 2.75) is 84.3 Å². The lowest BCUT2D eigenvalue weighted by molar-refractivity contribution is -0.145. The van der Waals surface area contributed by atoms with Gasteiger partial charge in [0, 0.05) is 31.4 Å². The summed E-state index contributed by atoms with van der Waals surface area (Å²) >= 11 is 0. The van der Waals surface area contributed by atoms with Crippen molar-refractivity contribution < 1.29 is 28.2 Å². The first-order valence-electron chi connectivity index (χ1n) is 14.8. The number of likely N-dealkylation sites (tertiary alicyclic amines) is 1. The van der Waals surface area contributed by atoms with Crippen molar-refractivity contribution in [3.05, 3.63) is 53.0 Å². The van der Waals surface area contributed by atoms with E-state index in [1.165, 1.54) is 13.2 Å². The zero-order chi connectivity index (χ0) is 29.6. The van der Waals surface area contributed by atoms with Gasteiger partial charge in [0.25, 0.3) is 0 Å². The minimum absolute atomic E-state index is 0.191. The molecule has 0 aliphatic carbocycles. The molecule has 8 nitrogen and oxygen atoms in total. The third-order valence-corrected chi connectivity index (χ3v) is 7.66. The van der Waals surface area contributed by atoms with Gasteiger partial charge in [-0.15, -0.1) is 0 Å². The molecule has 2 aliphatic rings. The van der Waals surface area contributed by atoms with Gasteiger partial charge in [0.15, 0.2) is 11.6 Å². The van der Waals surface area contributed by atoms with Gasteiger partial charge in [-0.3, -0.25) is 14.6 Å². The summed E-state index contributed by atoms with van der Waals surface area (Å²) in [5.41, 5.74) is 2.29. The highest BCUT2D eigenvalue weighted by Crippen LogP contribution is 2.35. The van der Waals surface area contributed by atoms with Crippen molar-refractivity contribution in [2.24, 2.45) is 5.92 Å². The van der Waals surface area contributed by atoms with E-state index in [4.69, 9.17) is 19.2 Å². The zero-order valence-corrected chi connectivity index (χ0v) is 25.1. The van der Waals surface area contributed by atoms with Crippen molar-refractivity contribution >= 4 is 17.9 Å². The normalized spacial score (nSPS) is 16.5. The van der Waals surface area contributed by atoms with Gasteiger partial charge in [-0.2, -0.15) is 0 Å². The summed E-state index contributed by atoms with van der Waals surface area (Å²) in [5.74, 6) is 0.749. The Bertz CT molecular complexity index is 1210. The highest BCUT2D eigenvalue weighted by Gasteiger charge is 2.35. The van der Waals surface area contributed by atoms with Gasteiger partial charge in [0.05, 0.1) is 20.1 Å². The maximum absolute atomic E-state index is 14.4. The van der Waals surface area contributed by atoms with E-state index in [0.29, 0.717) is 19.1 Å². The molecule has 2 aromatic rings. The van der Waals surface area contributed by atoms with E-state index in [1.807, 2.05) is 26.8 Å². The molecule has 4 rings (SSSR count). The Morgan fingerprint density at radius 2 is 1.93 bits per heavy atom. The van der Waals surface area contributed by atoms with Crippen LogP contribution in [0.1, 0.15) is 82.7 Å². The number of ether oxygens (including phenoxy) is 3. The third kappa shape index (κ3) is 8.18. The SMILES string of the molecule is CCOC(=O)CC(c1ccc(OC)c(F)c1)N1CC(CCCCc2ccc3c(n2)N(C(=O)OC(C)(C)C)CCC3)C1. The number of amides is 1. The van der Waals surface area contributed by atoms with Crippen molar-refractivity contribution in [2.75, 3.05) is 38.3 Å². The van der Waals surface area contributed by atoms with Gasteiger partial charge in [-0.25, -0.2) is 14.2 Å². The first kappa shape index (κ1) is 30.8. The molecular weight excluding hydrogens is 525 g/mol. The summed E-state index contributed by atoms with van der Waals surface area (Å²) in [4.78, 5) is 33.9. The van der Waals surface area contributed by atoms with Crippen LogP contribution in [0.2, 0.25) is 0 Å². The van der Waals surface area contributed by atoms with Crippen LogP contribution in [-0.4, -0.2) is 60.9 Å². The first-order chi connectivity index (χ1) is 19.6. The fourth-order valence-electron chi connectivity index (χ4n) is 5.62. The Kier molecular flexibility index (Phi) is 10.2. The number of carbonyl (C=O) groups is 2. The van der Waals surface area contributed by atoms with Gasteiger partial charge in [0.1, 0.15) is 11.4 Å². The van der Waals surface area contributed by atoms with E-state index in [9.17, 15) is 14.0 Å². The zero-order valence-electron chi connectivity index (χ0n) is 25.1. The molecule has 1 atom stereocenters. The highest BCUT2D eigenvalue weighted by molar-refractivity contribution is 5.88.